The Morgan fingerprint density at radius 1 is 0.970 bits per heavy atom. The van der Waals surface area contributed by atoms with Gasteiger partial charge in [0.15, 0.2) is 0 Å². The first kappa shape index (κ1) is 24.4. The molecule has 0 radical (unpaired) electrons. The number of carbonyl (C=O) groups is 2. The number of alkyl halides is 3. The zero-order valence-electron chi connectivity index (χ0n) is 18.6. The maximum atomic E-state index is 13.7. The Hall–Kier alpha value is -3.27. The number of carbonyl (C=O) groups excluding carboxylic acids is 2. The van der Waals surface area contributed by atoms with Crippen LogP contribution in [-0.2, 0) is 15.7 Å². The van der Waals surface area contributed by atoms with E-state index in [1.165, 1.54) is 30.3 Å². The topological polar surface area (TPSA) is 79.9 Å². The predicted molar refractivity (Wildman–Crippen MR) is 119 cm³/mol. The van der Waals surface area contributed by atoms with Crippen LogP contribution in [0.5, 0.6) is 0 Å². The molecule has 0 atom stereocenters. The molecule has 10 heteroatoms. The first-order chi connectivity index (χ1) is 15.4. The van der Waals surface area contributed by atoms with Gasteiger partial charge in [-0.3, -0.25) is 10.1 Å². The van der Waals surface area contributed by atoms with Gasteiger partial charge in [-0.15, -0.1) is 0 Å². The van der Waals surface area contributed by atoms with Crippen LogP contribution in [-0.4, -0.2) is 43.9 Å². The summed E-state index contributed by atoms with van der Waals surface area (Å²) >= 11 is 0. The molecule has 2 aromatic carbocycles. The number of hydrogen-bond acceptors (Lipinski definition) is 5. The Bertz CT molecular complexity index is 995. The summed E-state index contributed by atoms with van der Waals surface area (Å²) in [6.45, 7) is 7.05. The van der Waals surface area contributed by atoms with E-state index in [-0.39, 0.29) is 11.3 Å². The summed E-state index contributed by atoms with van der Waals surface area (Å²) in [5.74, 6) is -0.705. The summed E-state index contributed by atoms with van der Waals surface area (Å²) < 4.78 is 51.5. The van der Waals surface area contributed by atoms with Gasteiger partial charge in [0.05, 0.1) is 24.5 Å². The van der Waals surface area contributed by atoms with E-state index in [9.17, 15) is 22.8 Å². The third-order valence-electron chi connectivity index (χ3n) is 4.73. The minimum absolute atomic E-state index is 0.134. The standard InChI is InChI=1S/C23H26F3N3O4/c1-22(2,3)33-21(31)27-16-6-4-15(5-7-16)20(30)28-19-9-8-17(14-18(19)23(24,25)26)29-10-12-32-13-11-29/h4-9,14H,10-13H2,1-3H3,(H,27,31)(H,28,30). The molecule has 0 aromatic heterocycles. The molecule has 1 saturated heterocycles. The second-order valence-electron chi connectivity index (χ2n) is 8.49. The number of nitrogens with zero attached hydrogens (tertiary/aromatic N) is 1. The number of rotatable bonds is 4. The predicted octanol–water partition coefficient (Wildman–Crippen LogP) is 5.14. The largest absolute Gasteiger partial charge is 0.444 e. The van der Waals surface area contributed by atoms with Crippen LogP contribution in [0.15, 0.2) is 42.5 Å². The highest BCUT2D eigenvalue weighted by molar-refractivity contribution is 6.05. The van der Waals surface area contributed by atoms with Gasteiger partial charge < -0.3 is 19.7 Å². The maximum Gasteiger partial charge on any atom is 0.418 e. The van der Waals surface area contributed by atoms with E-state index in [2.05, 4.69) is 10.6 Å². The summed E-state index contributed by atoms with van der Waals surface area (Å²) in [5.41, 5.74) is -0.997. The fourth-order valence-corrected chi connectivity index (χ4v) is 3.21. The van der Waals surface area contributed by atoms with Gasteiger partial charge in [-0.1, -0.05) is 0 Å². The lowest BCUT2D eigenvalue weighted by Crippen LogP contribution is -2.36. The Kier molecular flexibility index (Phi) is 7.16. The van der Waals surface area contributed by atoms with Gasteiger partial charge in [-0.2, -0.15) is 13.2 Å². The molecule has 0 saturated carbocycles. The fourth-order valence-electron chi connectivity index (χ4n) is 3.21. The zero-order chi connectivity index (χ0) is 24.2. The van der Waals surface area contributed by atoms with E-state index in [1.54, 1.807) is 31.7 Å². The molecule has 2 amide bonds. The van der Waals surface area contributed by atoms with Gasteiger partial charge in [0.1, 0.15) is 5.60 Å². The molecular weight excluding hydrogens is 439 g/mol. The summed E-state index contributed by atoms with van der Waals surface area (Å²) in [6.07, 6.45) is -5.30. The van der Waals surface area contributed by atoms with E-state index in [4.69, 9.17) is 9.47 Å². The normalized spacial score (nSPS) is 14.5. The van der Waals surface area contributed by atoms with E-state index in [0.717, 1.165) is 6.07 Å². The van der Waals surface area contributed by atoms with E-state index in [1.807, 2.05) is 0 Å². The van der Waals surface area contributed by atoms with Crippen LogP contribution in [0.1, 0.15) is 36.7 Å². The molecule has 7 nitrogen and oxygen atoms in total. The summed E-state index contributed by atoms with van der Waals surface area (Å²) in [4.78, 5) is 26.2. The van der Waals surface area contributed by atoms with Crippen molar-refractivity contribution in [3.63, 3.8) is 0 Å². The molecule has 0 unspecified atom stereocenters. The molecular formula is C23H26F3N3O4. The van der Waals surface area contributed by atoms with Crippen LogP contribution in [0.3, 0.4) is 0 Å². The third-order valence-corrected chi connectivity index (χ3v) is 4.73. The first-order valence-electron chi connectivity index (χ1n) is 10.4. The smallest absolute Gasteiger partial charge is 0.418 e. The number of benzene rings is 2. The number of morpholine rings is 1. The molecule has 2 aromatic rings. The van der Waals surface area contributed by atoms with Crippen molar-refractivity contribution in [2.24, 2.45) is 0 Å². The van der Waals surface area contributed by atoms with Gasteiger partial charge in [0, 0.05) is 30.0 Å². The molecule has 1 aliphatic rings. The first-order valence-corrected chi connectivity index (χ1v) is 10.4. The summed E-state index contributed by atoms with van der Waals surface area (Å²) in [7, 11) is 0. The van der Waals surface area contributed by atoms with Crippen LogP contribution in [0.25, 0.3) is 0 Å². The molecule has 0 aliphatic carbocycles. The number of hydrogen-bond donors (Lipinski definition) is 2. The highest BCUT2D eigenvalue weighted by Crippen LogP contribution is 2.37. The molecule has 3 rings (SSSR count). The minimum Gasteiger partial charge on any atom is -0.444 e. The lowest BCUT2D eigenvalue weighted by molar-refractivity contribution is -0.136. The number of halogens is 3. The van der Waals surface area contributed by atoms with Crippen LogP contribution in [0.2, 0.25) is 0 Å². The SMILES string of the molecule is CC(C)(C)OC(=O)Nc1ccc(C(=O)Nc2ccc(N3CCOCC3)cc2C(F)(F)F)cc1. The molecule has 1 heterocycles. The van der Waals surface area contributed by atoms with Crippen molar-refractivity contribution >= 4 is 29.1 Å². The molecule has 1 fully saturated rings. The van der Waals surface area contributed by atoms with Crippen molar-refractivity contribution in [1.29, 1.82) is 0 Å². The van der Waals surface area contributed by atoms with Crippen molar-refractivity contribution in [3.8, 4) is 0 Å². The molecule has 178 valence electrons. The van der Waals surface area contributed by atoms with Crippen molar-refractivity contribution in [2.75, 3.05) is 41.8 Å². The average Bonchev–Trinajstić information content (AvgIpc) is 2.73. The van der Waals surface area contributed by atoms with Crippen LogP contribution in [0.4, 0.5) is 35.0 Å². The quantitative estimate of drug-likeness (QED) is 0.654. The molecule has 0 bridgehead atoms. The van der Waals surface area contributed by atoms with Gasteiger partial charge in [0.25, 0.3) is 5.91 Å². The fraction of sp³-hybridized carbons (Fsp3) is 0.391. The van der Waals surface area contributed by atoms with Gasteiger partial charge in [0.2, 0.25) is 0 Å². The Morgan fingerprint density at radius 3 is 2.18 bits per heavy atom. The zero-order valence-corrected chi connectivity index (χ0v) is 18.6. The molecule has 33 heavy (non-hydrogen) atoms. The van der Waals surface area contributed by atoms with Crippen LogP contribution in [0, 0.1) is 0 Å². The number of amides is 2. The summed E-state index contributed by atoms with van der Waals surface area (Å²) in [6, 6.07) is 9.56. The summed E-state index contributed by atoms with van der Waals surface area (Å²) in [5, 5.41) is 4.87. The van der Waals surface area contributed by atoms with Gasteiger partial charge >= 0.3 is 12.3 Å². The van der Waals surface area contributed by atoms with Crippen LogP contribution >= 0.6 is 0 Å². The Balaban J connectivity index is 1.73. The lowest BCUT2D eigenvalue weighted by Gasteiger charge is -2.29. The van der Waals surface area contributed by atoms with E-state index < -0.39 is 29.3 Å². The second kappa shape index (κ2) is 9.70. The van der Waals surface area contributed by atoms with Crippen molar-refractivity contribution in [2.45, 2.75) is 32.5 Å². The number of ether oxygens (including phenoxy) is 2. The van der Waals surface area contributed by atoms with Crippen molar-refractivity contribution in [1.82, 2.24) is 0 Å². The highest BCUT2D eigenvalue weighted by atomic mass is 19.4. The van der Waals surface area contributed by atoms with Gasteiger partial charge in [-0.05, 0) is 63.2 Å². The minimum atomic E-state index is -4.65. The second-order valence-corrected chi connectivity index (χ2v) is 8.49. The van der Waals surface area contributed by atoms with E-state index >= 15 is 0 Å². The third kappa shape index (κ3) is 6.85. The monoisotopic (exact) mass is 465 g/mol. The molecule has 1 aliphatic heterocycles. The molecule has 0 spiro atoms. The number of nitrogens with one attached hydrogen (secondary N) is 2. The maximum absolute atomic E-state index is 13.7. The Morgan fingerprint density at radius 2 is 1.61 bits per heavy atom. The van der Waals surface area contributed by atoms with Crippen molar-refractivity contribution < 1.29 is 32.2 Å². The molecule has 2 N–H and O–H groups in total. The lowest BCUT2D eigenvalue weighted by atomic mass is 10.1. The Labute approximate surface area is 189 Å². The van der Waals surface area contributed by atoms with Gasteiger partial charge in [-0.25, -0.2) is 4.79 Å². The highest BCUT2D eigenvalue weighted by Gasteiger charge is 2.35. The average molecular weight is 465 g/mol. The van der Waals surface area contributed by atoms with Crippen molar-refractivity contribution in [3.05, 3.63) is 53.6 Å². The van der Waals surface area contributed by atoms with Crippen LogP contribution < -0.4 is 15.5 Å². The number of anilines is 3. The van der Waals surface area contributed by atoms with E-state index in [0.29, 0.717) is 37.7 Å².